The number of carbonyl (C=O) groups is 1. The summed E-state index contributed by atoms with van der Waals surface area (Å²) in [6, 6.07) is 7.46. The van der Waals surface area contributed by atoms with Gasteiger partial charge in [-0.1, -0.05) is 29.5 Å². The minimum atomic E-state index is -3.48. The molecular weight excluding hydrogens is 386 g/mol. The Hall–Kier alpha value is -2.13. The molecule has 0 spiro atoms. The second kappa shape index (κ2) is 7.85. The van der Waals surface area contributed by atoms with Crippen LogP contribution in [-0.2, 0) is 27.8 Å². The maximum atomic E-state index is 12.6. The summed E-state index contributed by atoms with van der Waals surface area (Å²) >= 11 is 1.17. The molecule has 0 aliphatic carbocycles. The molecule has 27 heavy (non-hydrogen) atoms. The van der Waals surface area contributed by atoms with Crippen LogP contribution in [0.15, 0.2) is 29.1 Å². The van der Waals surface area contributed by atoms with Crippen molar-refractivity contribution >= 4 is 33.0 Å². The van der Waals surface area contributed by atoms with Gasteiger partial charge in [0.25, 0.3) is 0 Å². The summed E-state index contributed by atoms with van der Waals surface area (Å²) in [5.74, 6) is -0.411. The van der Waals surface area contributed by atoms with Gasteiger partial charge in [-0.25, -0.2) is 8.42 Å². The van der Waals surface area contributed by atoms with Gasteiger partial charge in [-0.3, -0.25) is 13.9 Å². The lowest BCUT2D eigenvalue weighted by molar-refractivity contribution is -0.121. The summed E-state index contributed by atoms with van der Waals surface area (Å²) in [5, 5.41) is 2.65. The van der Waals surface area contributed by atoms with Gasteiger partial charge < -0.3 is 9.88 Å². The van der Waals surface area contributed by atoms with Crippen molar-refractivity contribution in [2.24, 2.45) is 0 Å². The maximum absolute atomic E-state index is 12.6. The average molecular weight is 410 g/mol. The lowest BCUT2D eigenvalue weighted by atomic mass is 10.2. The number of thiazole rings is 1. The largest absolute Gasteiger partial charge is 0.355 e. The Morgan fingerprint density at radius 3 is 2.70 bits per heavy atom. The molecule has 1 aromatic heterocycles. The lowest BCUT2D eigenvalue weighted by Gasteiger charge is -2.19. The van der Waals surface area contributed by atoms with Gasteiger partial charge >= 0.3 is 4.87 Å². The van der Waals surface area contributed by atoms with E-state index in [1.165, 1.54) is 15.6 Å². The van der Waals surface area contributed by atoms with E-state index in [2.05, 4.69) is 5.32 Å². The number of anilines is 1. The first-order valence-electron chi connectivity index (χ1n) is 8.81. The van der Waals surface area contributed by atoms with Crippen molar-refractivity contribution in [3.63, 3.8) is 0 Å². The SMILES string of the molecule is Cc1sc(=O)n(CCC(=O)NCCS(=O)(=O)N2CCc3ccccc32)c1C. The van der Waals surface area contributed by atoms with Gasteiger partial charge in [-0.2, -0.15) is 0 Å². The van der Waals surface area contributed by atoms with Crippen LogP contribution in [-0.4, -0.2) is 37.7 Å². The van der Waals surface area contributed by atoms with E-state index in [0.29, 0.717) is 19.5 Å². The number of aryl methyl sites for hydroxylation is 1. The van der Waals surface area contributed by atoms with Crippen LogP contribution in [0.25, 0.3) is 0 Å². The Morgan fingerprint density at radius 1 is 1.26 bits per heavy atom. The number of hydrogen-bond donors (Lipinski definition) is 1. The first-order valence-corrected chi connectivity index (χ1v) is 11.2. The van der Waals surface area contributed by atoms with Gasteiger partial charge in [0.05, 0.1) is 11.4 Å². The van der Waals surface area contributed by atoms with Crippen LogP contribution >= 0.6 is 11.3 Å². The predicted octanol–water partition coefficient (Wildman–Crippen LogP) is 1.43. The summed E-state index contributed by atoms with van der Waals surface area (Å²) in [5.41, 5.74) is 2.62. The van der Waals surface area contributed by atoms with E-state index in [1.807, 2.05) is 32.0 Å². The van der Waals surface area contributed by atoms with Crippen molar-refractivity contribution in [3.05, 3.63) is 50.1 Å². The Bertz CT molecular complexity index is 1010. The molecule has 1 N–H and O–H groups in total. The number of amides is 1. The fourth-order valence-corrected chi connectivity index (χ4v) is 5.46. The highest BCUT2D eigenvalue weighted by atomic mass is 32.2. The number of sulfonamides is 1. The molecular formula is C18H23N3O4S2. The summed E-state index contributed by atoms with van der Waals surface area (Å²) in [6.07, 6.45) is 0.847. The van der Waals surface area contributed by atoms with E-state index in [0.717, 1.165) is 21.8 Å². The molecule has 0 saturated carbocycles. The number of aromatic nitrogens is 1. The molecule has 0 unspecified atom stereocenters. The Morgan fingerprint density at radius 2 is 2.00 bits per heavy atom. The quantitative estimate of drug-likeness (QED) is 0.749. The molecule has 0 radical (unpaired) electrons. The smallest absolute Gasteiger partial charge is 0.307 e. The van der Waals surface area contributed by atoms with E-state index in [9.17, 15) is 18.0 Å². The standard InChI is InChI=1S/C18H23N3O4S2/c1-13-14(2)26-18(23)20(13)10-8-17(22)19-9-12-27(24,25)21-11-7-15-5-3-4-6-16(15)21/h3-6H,7-12H2,1-2H3,(H,19,22). The molecule has 2 aromatic rings. The first-order chi connectivity index (χ1) is 12.8. The van der Waals surface area contributed by atoms with Crippen molar-refractivity contribution in [3.8, 4) is 0 Å². The normalized spacial score (nSPS) is 13.6. The van der Waals surface area contributed by atoms with Crippen LogP contribution in [0.5, 0.6) is 0 Å². The molecule has 1 aliphatic rings. The monoisotopic (exact) mass is 409 g/mol. The Balaban J connectivity index is 1.50. The fraction of sp³-hybridized carbons (Fsp3) is 0.444. The van der Waals surface area contributed by atoms with E-state index in [4.69, 9.17) is 0 Å². The number of nitrogens with one attached hydrogen (secondary N) is 1. The molecule has 146 valence electrons. The van der Waals surface area contributed by atoms with Crippen molar-refractivity contribution < 1.29 is 13.2 Å². The molecule has 0 saturated heterocycles. The second-order valence-electron chi connectivity index (χ2n) is 6.53. The molecule has 1 amide bonds. The van der Waals surface area contributed by atoms with Crippen LogP contribution in [0.1, 0.15) is 22.6 Å². The van der Waals surface area contributed by atoms with E-state index >= 15 is 0 Å². The molecule has 7 nitrogen and oxygen atoms in total. The van der Waals surface area contributed by atoms with Gasteiger partial charge in [0.2, 0.25) is 15.9 Å². The minimum Gasteiger partial charge on any atom is -0.355 e. The third kappa shape index (κ3) is 4.24. The molecule has 2 heterocycles. The van der Waals surface area contributed by atoms with Crippen molar-refractivity contribution in [2.75, 3.05) is 23.1 Å². The van der Waals surface area contributed by atoms with E-state index in [1.54, 1.807) is 10.6 Å². The third-order valence-electron chi connectivity index (χ3n) is 4.80. The zero-order valence-electron chi connectivity index (χ0n) is 15.4. The van der Waals surface area contributed by atoms with E-state index < -0.39 is 10.0 Å². The number of rotatable bonds is 7. The van der Waals surface area contributed by atoms with Gasteiger partial charge in [0.15, 0.2) is 0 Å². The predicted molar refractivity (Wildman–Crippen MR) is 107 cm³/mol. The van der Waals surface area contributed by atoms with Gasteiger partial charge in [0.1, 0.15) is 0 Å². The molecule has 9 heteroatoms. The number of para-hydroxylation sites is 1. The van der Waals surface area contributed by atoms with Crippen LogP contribution < -0.4 is 14.5 Å². The fourth-order valence-electron chi connectivity index (χ4n) is 3.17. The highest BCUT2D eigenvalue weighted by Gasteiger charge is 2.28. The maximum Gasteiger partial charge on any atom is 0.307 e. The number of nitrogens with zero attached hydrogens (tertiary/aromatic N) is 2. The van der Waals surface area contributed by atoms with Crippen molar-refractivity contribution in [1.29, 1.82) is 0 Å². The zero-order valence-corrected chi connectivity index (χ0v) is 17.0. The topological polar surface area (TPSA) is 88.5 Å². The number of fused-ring (bicyclic) bond motifs is 1. The summed E-state index contributed by atoms with van der Waals surface area (Å²) < 4.78 is 28.2. The van der Waals surface area contributed by atoms with Crippen molar-refractivity contribution in [2.45, 2.75) is 33.2 Å². The van der Waals surface area contributed by atoms with Crippen LogP contribution in [0.2, 0.25) is 0 Å². The highest BCUT2D eigenvalue weighted by molar-refractivity contribution is 7.92. The zero-order chi connectivity index (χ0) is 19.6. The number of hydrogen-bond acceptors (Lipinski definition) is 5. The van der Waals surface area contributed by atoms with Gasteiger partial charge in [0, 0.05) is 36.6 Å². The van der Waals surface area contributed by atoms with Gasteiger partial charge in [-0.15, -0.1) is 0 Å². The Labute approximate surface area is 162 Å². The average Bonchev–Trinajstić information content (AvgIpc) is 3.15. The molecule has 1 aliphatic heterocycles. The molecule has 3 rings (SSSR count). The third-order valence-corrected chi connectivity index (χ3v) is 7.57. The van der Waals surface area contributed by atoms with Crippen LogP contribution in [0, 0.1) is 13.8 Å². The van der Waals surface area contributed by atoms with E-state index in [-0.39, 0.29) is 29.5 Å². The second-order valence-corrected chi connectivity index (χ2v) is 9.71. The molecule has 0 fully saturated rings. The first kappa shape index (κ1) is 19.6. The molecule has 0 atom stereocenters. The summed E-state index contributed by atoms with van der Waals surface area (Å²) in [6.45, 7) is 4.52. The van der Waals surface area contributed by atoms with Gasteiger partial charge in [-0.05, 0) is 31.9 Å². The summed E-state index contributed by atoms with van der Waals surface area (Å²) in [4.78, 5) is 24.7. The Kier molecular flexibility index (Phi) is 5.71. The minimum absolute atomic E-state index is 0.0520. The van der Waals surface area contributed by atoms with Crippen LogP contribution in [0.3, 0.4) is 0 Å². The highest BCUT2D eigenvalue weighted by Crippen LogP contribution is 2.29. The van der Waals surface area contributed by atoms with Crippen molar-refractivity contribution in [1.82, 2.24) is 9.88 Å². The van der Waals surface area contributed by atoms with Crippen LogP contribution in [0.4, 0.5) is 5.69 Å². The molecule has 0 bridgehead atoms. The molecule has 1 aromatic carbocycles. The number of benzene rings is 1. The lowest BCUT2D eigenvalue weighted by Crippen LogP contribution is -2.37. The number of carbonyl (C=O) groups excluding carboxylic acids is 1. The summed E-state index contributed by atoms with van der Waals surface area (Å²) in [7, 11) is -3.48.